The standard InChI is InChI=1S/C28H29N3O3S/c1-17-13-19(18(2)31(17)22-10-7-20(8-11-22)28(3,4)5)14-25-26(32)30(6)27(35-25)29-21-9-12-23-24(15-21)34-16-33-23/h7-15H,16H2,1-6H3/b25-14-,29-27?. The summed E-state index contributed by atoms with van der Waals surface area (Å²) in [4.78, 5) is 19.9. The molecule has 7 heteroatoms. The van der Waals surface area contributed by atoms with Gasteiger partial charge in [-0.05, 0) is 78.6 Å². The zero-order chi connectivity index (χ0) is 24.9. The number of fused-ring (bicyclic) bond motifs is 1. The van der Waals surface area contributed by atoms with Gasteiger partial charge in [0.05, 0.1) is 10.6 Å². The number of rotatable bonds is 3. The lowest BCUT2D eigenvalue weighted by Crippen LogP contribution is -2.23. The van der Waals surface area contributed by atoms with Gasteiger partial charge in [0.1, 0.15) is 0 Å². The van der Waals surface area contributed by atoms with Crippen LogP contribution in [0.4, 0.5) is 5.69 Å². The van der Waals surface area contributed by atoms with Crippen LogP contribution < -0.4 is 9.47 Å². The van der Waals surface area contributed by atoms with Crippen LogP contribution in [0.25, 0.3) is 11.8 Å². The Morgan fingerprint density at radius 3 is 2.43 bits per heavy atom. The van der Waals surface area contributed by atoms with Crippen molar-refractivity contribution in [2.75, 3.05) is 13.8 Å². The maximum Gasteiger partial charge on any atom is 0.266 e. The third kappa shape index (κ3) is 4.36. The summed E-state index contributed by atoms with van der Waals surface area (Å²) in [7, 11) is 1.75. The number of carbonyl (C=O) groups is 1. The third-order valence-corrected chi connectivity index (χ3v) is 7.39. The molecule has 0 unspecified atom stereocenters. The van der Waals surface area contributed by atoms with Crippen molar-refractivity contribution >= 4 is 34.6 Å². The monoisotopic (exact) mass is 487 g/mol. The van der Waals surface area contributed by atoms with Crippen LogP contribution in [0.15, 0.2) is 58.4 Å². The summed E-state index contributed by atoms with van der Waals surface area (Å²) in [5.41, 5.74) is 6.49. The van der Waals surface area contributed by atoms with Crippen molar-refractivity contribution in [1.29, 1.82) is 0 Å². The Kier molecular flexibility index (Phi) is 5.75. The molecule has 2 aliphatic rings. The fourth-order valence-electron chi connectivity index (χ4n) is 4.30. The molecule has 6 nitrogen and oxygen atoms in total. The topological polar surface area (TPSA) is 56.1 Å². The van der Waals surface area contributed by atoms with E-state index < -0.39 is 0 Å². The number of ether oxygens (including phenoxy) is 2. The van der Waals surface area contributed by atoms with Gasteiger partial charge in [0, 0.05) is 30.2 Å². The van der Waals surface area contributed by atoms with E-state index in [1.165, 1.54) is 17.3 Å². The number of aromatic nitrogens is 1. The van der Waals surface area contributed by atoms with Crippen LogP contribution in [-0.2, 0) is 10.2 Å². The molecule has 2 aromatic carbocycles. The number of benzene rings is 2. The fourth-order valence-corrected chi connectivity index (χ4v) is 5.28. The van der Waals surface area contributed by atoms with Crippen molar-refractivity contribution in [2.24, 2.45) is 4.99 Å². The summed E-state index contributed by atoms with van der Waals surface area (Å²) in [5, 5.41) is 0.631. The molecule has 1 saturated heterocycles. The smallest absolute Gasteiger partial charge is 0.266 e. The van der Waals surface area contributed by atoms with Crippen molar-refractivity contribution in [3.8, 4) is 17.2 Å². The molecule has 1 aromatic heterocycles. The highest BCUT2D eigenvalue weighted by atomic mass is 32.2. The number of likely N-dealkylation sites (N-methyl/N-ethyl adjacent to an activating group) is 1. The predicted octanol–water partition coefficient (Wildman–Crippen LogP) is 6.35. The van der Waals surface area contributed by atoms with Gasteiger partial charge < -0.3 is 14.0 Å². The molecule has 1 fully saturated rings. The van der Waals surface area contributed by atoms with Gasteiger partial charge in [0.25, 0.3) is 5.91 Å². The van der Waals surface area contributed by atoms with E-state index in [2.05, 4.69) is 74.5 Å². The van der Waals surface area contributed by atoms with E-state index in [9.17, 15) is 4.79 Å². The minimum absolute atomic E-state index is 0.0613. The molecular weight excluding hydrogens is 458 g/mol. The SMILES string of the molecule is Cc1cc(/C=C2\SC(=Nc3ccc4c(c3)OCO4)N(C)C2=O)c(C)n1-c1ccc(C(C)(C)C)cc1. The summed E-state index contributed by atoms with van der Waals surface area (Å²) in [6.45, 7) is 11.1. The zero-order valence-electron chi connectivity index (χ0n) is 20.9. The molecule has 35 heavy (non-hydrogen) atoms. The predicted molar refractivity (Wildman–Crippen MR) is 142 cm³/mol. The summed E-state index contributed by atoms with van der Waals surface area (Å²) >= 11 is 1.38. The fraction of sp³-hybridized carbons (Fsp3) is 0.286. The number of amidine groups is 1. The molecule has 3 aromatic rings. The zero-order valence-corrected chi connectivity index (χ0v) is 21.7. The molecule has 0 bridgehead atoms. The van der Waals surface area contributed by atoms with Crippen LogP contribution in [-0.4, -0.2) is 34.4 Å². The molecule has 1 amide bonds. The first-order valence-electron chi connectivity index (χ1n) is 11.6. The molecular formula is C28H29N3O3S. The van der Waals surface area contributed by atoms with Crippen molar-refractivity contribution in [3.05, 3.63) is 76.0 Å². The lowest BCUT2D eigenvalue weighted by Gasteiger charge is -2.20. The van der Waals surface area contributed by atoms with Gasteiger partial charge in [-0.2, -0.15) is 0 Å². The minimum atomic E-state index is -0.0613. The van der Waals surface area contributed by atoms with Gasteiger partial charge in [0.15, 0.2) is 16.7 Å². The maximum absolute atomic E-state index is 13.0. The Balaban J connectivity index is 1.43. The Bertz CT molecular complexity index is 1380. The number of thioether (sulfide) groups is 1. The van der Waals surface area contributed by atoms with Gasteiger partial charge in [-0.25, -0.2) is 4.99 Å². The average Bonchev–Trinajstić information content (AvgIpc) is 3.46. The van der Waals surface area contributed by atoms with E-state index in [1.807, 2.05) is 24.3 Å². The molecule has 0 N–H and O–H groups in total. The van der Waals surface area contributed by atoms with Crippen LogP contribution >= 0.6 is 11.8 Å². The lowest BCUT2D eigenvalue weighted by atomic mass is 9.87. The first kappa shape index (κ1) is 23.3. The van der Waals surface area contributed by atoms with Crippen molar-refractivity contribution in [3.63, 3.8) is 0 Å². The first-order valence-corrected chi connectivity index (χ1v) is 12.4. The number of aryl methyl sites for hydroxylation is 1. The second-order valence-corrected chi connectivity index (χ2v) is 10.9. The van der Waals surface area contributed by atoms with Crippen molar-refractivity contribution in [1.82, 2.24) is 9.47 Å². The summed E-state index contributed by atoms with van der Waals surface area (Å²) in [5.74, 6) is 1.32. The van der Waals surface area contributed by atoms with Crippen LogP contribution in [0.1, 0.15) is 43.3 Å². The van der Waals surface area contributed by atoms with Gasteiger partial charge >= 0.3 is 0 Å². The second-order valence-electron chi connectivity index (χ2n) is 9.87. The number of aliphatic imine (C=N–C) groups is 1. The van der Waals surface area contributed by atoms with Gasteiger partial charge in [-0.3, -0.25) is 9.69 Å². The molecule has 0 saturated carbocycles. The largest absolute Gasteiger partial charge is 0.454 e. The van der Waals surface area contributed by atoms with Crippen LogP contribution in [0.3, 0.4) is 0 Å². The highest BCUT2D eigenvalue weighted by Gasteiger charge is 2.31. The highest BCUT2D eigenvalue weighted by molar-refractivity contribution is 8.18. The van der Waals surface area contributed by atoms with Crippen molar-refractivity contribution in [2.45, 2.75) is 40.0 Å². The quantitative estimate of drug-likeness (QED) is 0.404. The summed E-state index contributed by atoms with van der Waals surface area (Å²) < 4.78 is 13.0. The third-order valence-electron chi connectivity index (χ3n) is 6.33. The first-order chi connectivity index (χ1) is 16.6. The van der Waals surface area contributed by atoms with Gasteiger partial charge in [0.2, 0.25) is 6.79 Å². The maximum atomic E-state index is 13.0. The molecule has 0 radical (unpaired) electrons. The molecule has 5 rings (SSSR count). The highest BCUT2D eigenvalue weighted by Crippen LogP contribution is 2.38. The van der Waals surface area contributed by atoms with E-state index in [-0.39, 0.29) is 18.1 Å². The Morgan fingerprint density at radius 2 is 1.71 bits per heavy atom. The van der Waals surface area contributed by atoms with E-state index in [4.69, 9.17) is 9.47 Å². The van der Waals surface area contributed by atoms with Gasteiger partial charge in [-0.1, -0.05) is 32.9 Å². The molecule has 180 valence electrons. The summed E-state index contributed by atoms with van der Waals surface area (Å²) in [6.07, 6.45) is 1.97. The number of hydrogen-bond donors (Lipinski definition) is 0. The Morgan fingerprint density at radius 1 is 1.00 bits per heavy atom. The second kappa shape index (κ2) is 8.64. The average molecular weight is 488 g/mol. The lowest BCUT2D eigenvalue weighted by molar-refractivity contribution is -0.121. The molecule has 0 aliphatic carbocycles. The van der Waals surface area contributed by atoms with E-state index in [1.54, 1.807) is 11.9 Å². The van der Waals surface area contributed by atoms with E-state index in [0.717, 1.165) is 28.3 Å². The van der Waals surface area contributed by atoms with E-state index in [0.29, 0.717) is 21.6 Å². The van der Waals surface area contributed by atoms with Crippen LogP contribution in [0.5, 0.6) is 11.5 Å². The van der Waals surface area contributed by atoms with Crippen LogP contribution in [0, 0.1) is 13.8 Å². The number of carbonyl (C=O) groups excluding carboxylic acids is 1. The number of hydrogen-bond acceptors (Lipinski definition) is 5. The normalized spacial score (nSPS) is 17.8. The number of amides is 1. The van der Waals surface area contributed by atoms with Gasteiger partial charge in [-0.15, -0.1) is 0 Å². The molecule has 0 spiro atoms. The molecule has 0 atom stereocenters. The van der Waals surface area contributed by atoms with E-state index >= 15 is 0 Å². The Labute approximate surface area is 210 Å². The minimum Gasteiger partial charge on any atom is -0.454 e. The Hall–Kier alpha value is -3.45. The molecule has 2 aliphatic heterocycles. The number of nitrogens with zero attached hydrogens (tertiary/aromatic N) is 3. The molecule has 3 heterocycles. The van der Waals surface area contributed by atoms with Crippen LogP contribution in [0.2, 0.25) is 0 Å². The summed E-state index contributed by atoms with van der Waals surface area (Å²) in [6, 6.07) is 16.4. The van der Waals surface area contributed by atoms with Crippen molar-refractivity contribution < 1.29 is 14.3 Å².